The minimum absolute atomic E-state index is 0.141. The summed E-state index contributed by atoms with van der Waals surface area (Å²) >= 11 is 0. The molecule has 0 saturated heterocycles. The molecule has 1 aromatic heterocycles. The van der Waals surface area contributed by atoms with Gasteiger partial charge in [0.15, 0.2) is 0 Å². The first-order chi connectivity index (χ1) is 14.3. The molecule has 0 atom stereocenters. The fourth-order valence-corrected chi connectivity index (χ4v) is 3.80. The number of hydrogen-bond donors (Lipinski definition) is 6. The second-order valence-electron chi connectivity index (χ2n) is 7.04. The summed E-state index contributed by atoms with van der Waals surface area (Å²) in [5.41, 5.74) is 6.89. The van der Waals surface area contributed by atoms with Crippen LogP contribution in [0.5, 0.6) is 0 Å². The van der Waals surface area contributed by atoms with Gasteiger partial charge in [-0.15, -0.1) is 0 Å². The fourth-order valence-electron chi connectivity index (χ4n) is 3.80. The van der Waals surface area contributed by atoms with E-state index in [0.717, 1.165) is 54.0 Å². The van der Waals surface area contributed by atoms with Crippen molar-refractivity contribution in [1.29, 1.82) is 0 Å². The third kappa shape index (κ3) is 4.06. The first-order valence-electron chi connectivity index (χ1n) is 10.1. The van der Waals surface area contributed by atoms with Crippen molar-refractivity contribution in [3.63, 3.8) is 0 Å². The van der Waals surface area contributed by atoms with Gasteiger partial charge in [-0.3, -0.25) is 15.4 Å². The normalized spacial score (nSPS) is 12.7. The van der Waals surface area contributed by atoms with Crippen molar-refractivity contribution < 1.29 is 10.2 Å². The maximum atomic E-state index is 8.97. The molecule has 4 rings (SSSR count). The largest absolute Gasteiger partial charge is 0.395 e. The van der Waals surface area contributed by atoms with Crippen LogP contribution in [0.4, 0.5) is 17.1 Å². The van der Waals surface area contributed by atoms with Gasteiger partial charge in [0.2, 0.25) is 0 Å². The molecule has 29 heavy (non-hydrogen) atoms. The van der Waals surface area contributed by atoms with Gasteiger partial charge in [-0.25, -0.2) is 0 Å². The Labute approximate surface area is 169 Å². The van der Waals surface area contributed by atoms with Crippen molar-refractivity contribution in [2.45, 2.75) is 0 Å². The number of nitrogens with zero attached hydrogens (tertiary/aromatic N) is 2. The molecule has 0 bridgehead atoms. The summed E-state index contributed by atoms with van der Waals surface area (Å²) < 4.78 is 0. The number of fused-ring (bicyclic) bond motifs is 2. The molecule has 0 saturated carbocycles. The summed E-state index contributed by atoms with van der Waals surface area (Å²) in [4.78, 5) is 4.32. The maximum absolute atomic E-state index is 8.97. The third-order valence-corrected chi connectivity index (χ3v) is 5.14. The summed E-state index contributed by atoms with van der Waals surface area (Å²) in [5, 5.41) is 34.6. The molecule has 0 spiro atoms. The van der Waals surface area contributed by atoms with Crippen LogP contribution in [-0.4, -0.2) is 67.7 Å². The van der Waals surface area contributed by atoms with E-state index >= 15 is 0 Å². The smallest absolute Gasteiger partial charge is 0.0736 e. The molecule has 2 heterocycles. The quantitative estimate of drug-likeness (QED) is 0.212. The summed E-state index contributed by atoms with van der Waals surface area (Å²) in [5.74, 6) is 0. The first-order valence-corrected chi connectivity index (χ1v) is 10.1. The molecule has 1 aliphatic heterocycles. The minimum atomic E-state index is 0.141. The van der Waals surface area contributed by atoms with Gasteiger partial charge in [0.25, 0.3) is 0 Å². The van der Waals surface area contributed by atoms with Crippen LogP contribution in [0.3, 0.4) is 0 Å². The molecule has 6 N–H and O–H groups in total. The highest BCUT2D eigenvalue weighted by atomic mass is 16.3. The van der Waals surface area contributed by atoms with Crippen LogP contribution in [0.25, 0.3) is 21.5 Å². The lowest BCUT2D eigenvalue weighted by Crippen LogP contribution is -2.35. The van der Waals surface area contributed by atoms with Gasteiger partial charge in [-0.05, 0) is 29.7 Å². The zero-order valence-electron chi connectivity index (χ0n) is 16.4. The molecule has 0 unspecified atom stereocenters. The molecule has 1 aliphatic rings. The lowest BCUT2D eigenvalue weighted by molar-refractivity contribution is 0.293. The van der Waals surface area contributed by atoms with Crippen molar-refractivity contribution in [2.75, 3.05) is 68.2 Å². The number of aliphatic hydroxyl groups is 2. The van der Waals surface area contributed by atoms with Crippen LogP contribution in [-0.2, 0) is 0 Å². The lowest BCUT2D eigenvalue weighted by atomic mass is 10.0. The van der Waals surface area contributed by atoms with E-state index in [4.69, 9.17) is 10.2 Å². The molecule has 8 nitrogen and oxygen atoms in total. The first kappa shape index (κ1) is 19.7. The second kappa shape index (κ2) is 9.23. The van der Waals surface area contributed by atoms with Gasteiger partial charge >= 0.3 is 0 Å². The Morgan fingerprint density at radius 3 is 2.59 bits per heavy atom. The lowest BCUT2D eigenvalue weighted by Gasteiger charge is -2.21. The molecule has 154 valence electrons. The molecule has 2 aromatic carbocycles. The Bertz CT molecular complexity index is 980. The Kier molecular flexibility index (Phi) is 6.26. The number of aromatic nitrogens is 1. The summed E-state index contributed by atoms with van der Waals surface area (Å²) in [6.45, 7) is 4.61. The number of nitrogens with one attached hydrogen (secondary N) is 4. The van der Waals surface area contributed by atoms with Gasteiger partial charge in [-0.1, -0.05) is 0 Å². The molecule has 3 aromatic rings. The average molecular weight is 396 g/mol. The van der Waals surface area contributed by atoms with E-state index in [-0.39, 0.29) is 13.2 Å². The average Bonchev–Trinajstić information content (AvgIpc) is 3.12. The van der Waals surface area contributed by atoms with E-state index in [9.17, 15) is 0 Å². The van der Waals surface area contributed by atoms with Crippen LogP contribution in [0.15, 0.2) is 36.7 Å². The molecule has 0 aliphatic carbocycles. The SMILES string of the molecule is OCCNCCNc1ccc2c3c(c4cnccc4cc13)NN2CCNCCO. The van der Waals surface area contributed by atoms with E-state index < -0.39 is 0 Å². The number of anilines is 3. The zero-order valence-corrected chi connectivity index (χ0v) is 16.4. The Morgan fingerprint density at radius 1 is 0.931 bits per heavy atom. The number of hydrazine groups is 1. The predicted octanol–water partition coefficient (Wildman–Crippen LogP) is 1.11. The van der Waals surface area contributed by atoms with Crippen molar-refractivity contribution in [2.24, 2.45) is 0 Å². The molecule has 0 radical (unpaired) electrons. The van der Waals surface area contributed by atoms with Gasteiger partial charge in [0.05, 0.1) is 31.1 Å². The van der Waals surface area contributed by atoms with Gasteiger partial charge in [-0.2, -0.15) is 0 Å². The van der Waals surface area contributed by atoms with Gasteiger partial charge < -0.3 is 26.2 Å². The number of rotatable bonds is 11. The third-order valence-electron chi connectivity index (χ3n) is 5.14. The molecule has 0 fully saturated rings. The van der Waals surface area contributed by atoms with Crippen molar-refractivity contribution in [3.05, 3.63) is 36.7 Å². The van der Waals surface area contributed by atoms with Crippen molar-refractivity contribution >= 4 is 38.6 Å². The molecule has 0 amide bonds. The van der Waals surface area contributed by atoms with Crippen LogP contribution in [0.1, 0.15) is 0 Å². The number of aliphatic hydroxyl groups excluding tert-OH is 2. The maximum Gasteiger partial charge on any atom is 0.0736 e. The standard InChI is InChI=1S/C21H28N6O2/c28-11-8-22-5-6-25-18-1-2-19-20-16(18)13-15-3-4-24-14-17(15)21(20)26-27(19)10-7-23-9-12-29/h1-4,13-14,22-23,25-26,28-29H,5-12H2. The van der Waals surface area contributed by atoms with Crippen LogP contribution < -0.4 is 26.4 Å². The highest BCUT2D eigenvalue weighted by molar-refractivity contribution is 6.21. The Morgan fingerprint density at radius 2 is 1.76 bits per heavy atom. The Balaban J connectivity index is 1.65. The van der Waals surface area contributed by atoms with Gasteiger partial charge in [0, 0.05) is 67.0 Å². The molecule has 8 heteroatoms. The summed E-state index contributed by atoms with van der Waals surface area (Å²) in [7, 11) is 0. The summed E-state index contributed by atoms with van der Waals surface area (Å²) in [6, 6.07) is 8.53. The van der Waals surface area contributed by atoms with E-state index in [0.29, 0.717) is 13.1 Å². The van der Waals surface area contributed by atoms with E-state index in [1.165, 1.54) is 10.8 Å². The van der Waals surface area contributed by atoms with Crippen LogP contribution in [0, 0.1) is 0 Å². The predicted molar refractivity (Wildman–Crippen MR) is 119 cm³/mol. The molecular formula is C21H28N6O2. The van der Waals surface area contributed by atoms with E-state index in [1.807, 2.05) is 18.5 Å². The molecular weight excluding hydrogens is 368 g/mol. The zero-order chi connectivity index (χ0) is 20.1. The summed E-state index contributed by atoms with van der Waals surface area (Å²) in [6.07, 6.45) is 3.73. The van der Waals surface area contributed by atoms with E-state index in [1.54, 1.807) is 0 Å². The van der Waals surface area contributed by atoms with Crippen molar-refractivity contribution in [1.82, 2.24) is 15.6 Å². The van der Waals surface area contributed by atoms with Crippen molar-refractivity contribution in [3.8, 4) is 0 Å². The second-order valence-corrected chi connectivity index (χ2v) is 7.04. The Hall–Kier alpha value is -2.65. The number of hydrogen-bond acceptors (Lipinski definition) is 8. The number of pyridine rings is 1. The fraction of sp³-hybridized carbons (Fsp3) is 0.381. The highest BCUT2D eigenvalue weighted by Gasteiger charge is 2.24. The van der Waals surface area contributed by atoms with E-state index in [2.05, 4.69) is 49.6 Å². The topological polar surface area (TPSA) is 105 Å². The monoisotopic (exact) mass is 396 g/mol. The van der Waals surface area contributed by atoms with Gasteiger partial charge in [0.1, 0.15) is 0 Å². The van der Waals surface area contributed by atoms with Crippen LogP contribution >= 0.6 is 0 Å². The van der Waals surface area contributed by atoms with Crippen LogP contribution in [0.2, 0.25) is 0 Å². The minimum Gasteiger partial charge on any atom is -0.395 e. The number of benzene rings is 2. The highest BCUT2D eigenvalue weighted by Crippen LogP contribution is 2.45.